The quantitative estimate of drug-likeness (QED) is 0.925. The standard InChI is InChI=1S/C16H22N4O2/c1-4-20-15(16(21)18-12-6-11(7-12)8-17)13-5-9(2)22-10(3)14(13)19-20/h9-12H,4-7H2,1-3H3,(H,18,21)/t9-,10+,11?,12?/m0/s1. The van der Waals surface area contributed by atoms with Crippen LogP contribution in [0, 0.1) is 17.2 Å². The number of carbonyl (C=O) groups excluding carboxylic acids is 1. The molecule has 2 aliphatic rings. The van der Waals surface area contributed by atoms with Crippen LogP contribution in [0.5, 0.6) is 0 Å². The van der Waals surface area contributed by atoms with Gasteiger partial charge in [0.2, 0.25) is 0 Å². The SMILES string of the molecule is CCn1nc2c(c1C(=O)NC1CC(C#N)C1)C[C@H](C)O[C@@H]2C. The summed E-state index contributed by atoms with van der Waals surface area (Å²) in [5, 5.41) is 16.4. The number of carbonyl (C=O) groups is 1. The lowest BCUT2D eigenvalue weighted by Gasteiger charge is -2.31. The van der Waals surface area contributed by atoms with E-state index in [4.69, 9.17) is 10.00 Å². The van der Waals surface area contributed by atoms with Gasteiger partial charge in [-0.1, -0.05) is 0 Å². The van der Waals surface area contributed by atoms with Crippen LogP contribution in [0.2, 0.25) is 0 Å². The first-order valence-corrected chi connectivity index (χ1v) is 7.99. The van der Waals surface area contributed by atoms with E-state index in [2.05, 4.69) is 16.5 Å². The Labute approximate surface area is 130 Å². The Morgan fingerprint density at radius 1 is 1.50 bits per heavy atom. The Morgan fingerprint density at radius 3 is 2.86 bits per heavy atom. The van der Waals surface area contributed by atoms with E-state index in [1.165, 1.54) is 0 Å². The van der Waals surface area contributed by atoms with Crippen LogP contribution in [0.25, 0.3) is 0 Å². The van der Waals surface area contributed by atoms with Crippen molar-refractivity contribution >= 4 is 5.91 Å². The molecule has 1 aliphatic heterocycles. The molecule has 0 radical (unpaired) electrons. The van der Waals surface area contributed by atoms with Gasteiger partial charge in [0.05, 0.1) is 29.9 Å². The van der Waals surface area contributed by atoms with Gasteiger partial charge in [0.1, 0.15) is 5.69 Å². The fourth-order valence-electron chi connectivity index (χ4n) is 3.37. The number of ether oxygens (including phenoxy) is 1. The lowest BCUT2D eigenvalue weighted by molar-refractivity contribution is -0.00712. The molecule has 2 heterocycles. The summed E-state index contributed by atoms with van der Waals surface area (Å²) in [5.74, 6) is 0.0158. The molecule has 6 heteroatoms. The van der Waals surface area contributed by atoms with Crippen LogP contribution in [0.3, 0.4) is 0 Å². The number of amides is 1. The number of hydrogen-bond acceptors (Lipinski definition) is 4. The Balaban J connectivity index is 1.83. The smallest absolute Gasteiger partial charge is 0.270 e. The van der Waals surface area contributed by atoms with Crippen molar-refractivity contribution in [3.05, 3.63) is 17.0 Å². The second-order valence-corrected chi connectivity index (χ2v) is 6.29. The van der Waals surface area contributed by atoms with E-state index in [1.807, 2.05) is 20.8 Å². The molecular weight excluding hydrogens is 280 g/mol. The van der Waals surface area contributed by atoms with Crippen LogP contribution in [0.4, 0.5) is 0 Å². The van der Waals surface area contributed by atoms with Crippen molar-refractivity contribution in [2.24, 2.45) is 5.92 Å². The maximum absolute atomic E-state index is 12.7. The number of nitriles is 1. The van der Waals surface area contributed by atoms with Gasteiger partial charge in [-0.2, -0.15) is 10.4 Å². The number of aryl methyl sites for hydroxylation is 1. The van der Waals surface area contributed by atoms with Gasteiger partial charge in [0.25, 0.3) is 5.91 Å². The molecule has 0 saturated heterocycles. The predicted molar refractivity (Wildman–Crippen MR) is 80.2 cm³/mol. The van der Waals surface area contributed by atoms with E-state index >= 15 is 0 Å². The monoisotopic (exact) mass is 302 g/mol. The molecule has 2 atom stereocenters. The molecule has 1 saturated carbocycles. The third-order valence-corrected chi connectivity index (χ3v) is 4.57. The van der Waals surface area contributed by atoms with E-state index in [-0.39, 0.29) is 30.1 Å². The second kappa shape index (κ2) is 5.73. The van der Waals surface area contributed by atoms with E-state index in [0.29, 0.717) is 18.7 Å². The van der Waals surface area contributed by atoms with Crippen molar-refractivity contribution in [1.29, 1.82) is 5.26 Å². The van der Waals surface area contributed by atoms with Gasteiger partial charge >= 0.3 is 0 Å². The Morgan fingerprint density at radius 2 is 2.23 bits per heavy atom. The molecule has 118 valence electrons. The number of aromatic nitrogens is 2. The predicted octanol–water partition coefficient (Wildman–Crippen LogP) is 1.96. The van der Waals surface area contributed by atoms with Crippen molar-refractivity contribution in [2.75, 3.05) is 0 Å². The van der Waals surface area contributed by atoms with Crippen LogP contribution in [-0.2, 0) is 17.7 Å². The first-order valence-electron chi connectivity index (χ1n) is 7.99. The summed E-state index contributed by atoms with van der Waals surface area (Å²) in [7, 11) is 0. The molecule has 1 amide bonds. The van der Waals surface area contributed by atoms with Crippen LogP contribution in [0.15, 0.2) is 0 Å². The summed E-state index contributed by atoms with van der Waals surface area (Å²) in [6.07, 6.45) is 2.23. The van der Waals surface area contributed by atoms with Crippen molar-refractivity contribution in [3.8, 4) is 6.07 Å². The molecule has 1 aromatic rings. The van der Waals surface area contributed by atoms with Gasteiger partial charge in [-0.25, -0.2) is 0 Å². The van der Waals surface area contributed by atoms with Crippen molar-refractivity contribution in [3.63, 3.8) is 0 Å². The van der Waals surface area contributed by atoms with Crippen LogP contribution < -0.4 is 5.32 Å². The van der Waals surface area contributed by atoms with E-state index < -0.39 is 0 Å². The van der Waals surface area contributed by atoms with Crippen molar-refractivity contribution in [2.45, 2.75) is 64.8 Å². The number of nitrogens with zero attached hydrogens (tertiary/aromatic N) is 3. The molecule has 1 N–H and O–H groups in total. The van der Waals surface area contributed by atoms with Gasteiger partial charge in [0, 0.05) is 24.6 Å². The summed E-state index contributed by atoms with van der Waals surface area (Å²) in [6, 6.07) is 2.35. The molecule has 0 aromatic carbocycles. The van der Waals surface area contributed by atoms with Gasteiger partial charge in [-0.05, 0) is 33.6 Å². The molecule has 1 fully saturated rings. The lowest BCUT2D eigenvalue weighted by atomic mass is 9.81. The maximum atomic E-state index is 12.7. The van der Waals surface area contributed by atoms with Gasteiger partial charge in [-0.3, -0.25) is 9.48 Å². The van der Waals surface area contributed by atoms with E-state index in [9.17, 15) is 4.79 Å². The largest absolute Gasteiger partial charge is 0.369 e. The van der Waals surface area contributed by atoms with Gasteiger partial charge < -0.3 is 10.1 Å². The highest BCUT2D eigenvalue weighted by Crippen LogP contribution is 2.32. The molecular formula is C16H22N4O2. The molecule has 0 spiro atoms. The summed E-state index contributed by atoms with van der Waals surface area (Å²) in [5.41, 5.74) is 2.57. The molecule has 0 unspecified atom stereocenters. The Bertz CT molecular complexity index is 625. The van der Waals surface area contributed by atoms with E-state index in [0.717, 1.165) is 24.1 Å². The third kappa shape index (κ3) is 2.50. The average molecular weight is 302 g/mol. The van der Waals surface area contributed by atoms with Crippen molar-refractivity contribution < 1.29 is 9.53 Å². The molecule has 1 aromatic heterocycles. The zero-order valence-corrected chi connectivity index (χ0v) is 13.3. The maximum Gasteiger partial charge on any atom is 0.270 e. The molecule has 22 heavy (non-hydrogen) atoms. The average Bonchev–Trinajstić information content (AvgIpc) is 2.80. The zero-order chi connectivity index (χ0) is 15.9. The minimum atomic E-state index is -0.0789. The second-order valence-electron chi connectivity index (χ2n) is 6.29. The highest BCUT2D eigenvalue weighted by Gasteiger charge is 2.35. The van der Waals surface area contributed by atoms with Crippen molar-refractivity contribution in [1.82, 2.24) is 15.1 Å². The molecule has 1 aliphatic carbocycles. The normalized spacial score (nSPS) is 30.1. The summed E-state index contributed by atoms with van der Waals surface area (Å²) < 4.78 is 7.58. The molecule has 6 nitrogen and oxygen atoms in total. The number of nitrogens with one attached hydrogen (secondary N) is 1. The third-order valence-electron chi connectivity index (χ3n) is 4.57. The fraction of sp³-hybridized carbons (Fsp3) is 0.688. The van der Waals surface area contributed by atoms with Gasteiger partial charge in [-0.15, -0.1) is 0 Å². The lowest BCUT2D eigenvalue weighted by Crippen LogP contribution is -2.44. The Kier molecular flexibility index (Phi) is 3.92. The topological polar surface area (TPSA) is 79.9 Å². The highest BCUT2D eigenvalue weighted by atomic mass is 16.5. The van der Waals surface area contributed by atoms with Crippen LogP contribution >= 0.6 is 0 Å². The number of fused-ring (bicyclic) bond motifs is 1. The minimum absolute atomic E-state index is 0.0710. The van der Waals surface area contributed by atoms with Gasteiger partial charge in [0.15, 0.2) is 0 Å². The Hall–Kier alpha value is -1.87. The van der Waals surface area contributed by atoms with E-state index in [1.54, 1.807) is 4.68 Å². The molecule has 0 bridgehead atoms. The molecule has 3 rings (SSSR count). The fourth-order valence-corrected chi connectivity index (χ4v) is 3.37. The highest BCUT2D eigenvalue weighted by molar-refractivity contribution is 5.94. The minimum Gasteiger partial charge on any atom is -0.369 e. The number of rotatable bonds is 3. The number of hydrogen-bond donors (Lipinski definition) is 1. The summed E-state index contributed by atoms with van der Waals surface area (Å²) >= 11 is 0. The summed E-state index contributed by atoms with van der Waals surface area (Å²) in [6.45, 7) is 6.64. The summed E-state index contributed by atoms with van der Waals surface area (Å²) in [4.78, 5) is 12.7. The first-order chi connectivity index (χ1) is 10.5. The van der Waals surface area contributed by atoms with Crippen LogP contribution in [-0.4, -0.2) is 27.8 Å². The first kappa shape index (κ1) is 15.0. The zero-order valence-electron chi connectivity index (χ0n) is 13.3. The van der Waals surface area contributed by atoms with Crippen LogP contribution in [0.1, 0.15) is 61.5 Å².